The number of benzene rings is 1. The Morgan fingerprint density at radius 2 is 1.84 bits per heavy atom. The second-order valence-corrected chi connectivity index (χ2v) is 7.00. The zero-order valence-electron chi connectivity index (χ0n) is 14.2. The lowest BCUT2D eigenvalue weighted by atomic mass is 9.98. The topological polar surface area (TPSA) is 55.8 Å². The fourth-order valence-corrected chi connectivity index (χ4v) is 2.53. The van der Waals surface area contributed by atoms with Crippen LogP contribution in [0, 0.1) is 0 Å². The van der Waals surface area contributed by atoms with E-state index >= 15 is 0 Å². The Bertz CT molecular complexity index is 640. The number of esters is 1. The average Bonchev–Trinajstić information content (AvgIpc) is 2.73. The third-order valence-electron chi connectivity index (χ3n) is 3.46. The van der Waals surface area contributed by atoms with Gasteiger partial charge in [0.1, 0.15) is 5.60 Å². The van der Waals surface area contributed by atoms with Crippen molar-refractivity contribution in [3.63, 3.8) is 0 Å². The third-order valence-corrected chi connectivity index (χ3v) is 3.46. The lowest BCUT2D eigenvalue weighted by Gasteiger charge is -2.30. The van der Waals surface area contributed by atoms with Gasteiger partial charge in [0.2, 0.25) is 5.60 Å². The second-order valence-electron chi connectivity index (χ2n) is 7.00. The van der Waals surface area contributed by atoms with E-state index in [2.05, 4.69) is 0 Å². The summed E-state index contributed by atoms with van der Waals surface area (Å²) < 4.78 is 49.0. The number of nitrogens with zero attached hydrogens (tertiary/aromatic N) is 1. The van der Waals surface area contributed by atoms with Crippen molar-refractivity contribution in [2.24, 2.45) is 0 Å². The summed E-state index contributed by atoms with van der Waals surface area (Å²) in [6, 6.07) is 8.72. The molecule has 1 unspecified atom stereocenters. The van der Waals surface area contributed by atoms with Crippen LogP contribution in [0.2, 0.25) is 0 Å². The largest absolute Gasteiger partial charge is 0.457 e. The summed E-state index contributed by atoms with van der Waals surface area (Å²) in [6.07, 6.45) is -7.26. The number of carbonyl (C=O) groups is 2. The zero-order valence-corrected chi connectivity index (χ0v) is 14.2. The number of halogens is 3. The highest BCUT2D eigenvalue weighted by molar-refractivity contribution is 5.87. The summed E-state index contributed by atoms with van der Waals surface area (Å²) >= 11 is 0. The Morgan fingerprint density at radius 3 is 2.36 bits per heavy atom. The molecular weight excluding hydrogens is 339 g/mol. The molecule has 138 valence electrons. The molecule has 0 aromatic heterocycles. The number of ether oxygens (including phenoxy) is 2. The van der Waals surface area contributed by atoms with Crippen LogP contribution in [-0.2, 0) is 20.8 Å². The van der Waals surface area contributed by atoms with Crippen LogP contribution in [-0.4, -0.2) is 40.9 Å². The SMILES string of the molecule is CC(C)(C)OC(=O)C1(CC(F)(F)F)CN(Cc2ccccc2)C(=O)O1. The lowest BCUT2D eigenvalue weighted by molar-refractivity contribution is -0.199. The highest BCUT2D eigenvalue weighted by Crippen LogP contribution is 2.37. The van der Waals surface area contributed by atoms with E-state index in [1.165, 1.54) is 20.8 Å². The fourth-order valence-electron chi connectivity index (χ4n) is 2.53. The Morgan fingerprint density at radius 1 is 1.24 bits per heavy atom. The van der Waals surface area contributed by atoms with Gasteiger partial charge in [0.25, 0.3) is 0 Å². The van der Waals surface area contributed by atoms with Gasteiger partial charge in [-0.15, -0.1) is 0 Å². The van der Waals surface area contributed by atoms with Gasteiger partial charge in [-0.05, 0) is 26.3 Å². The predicted octanol–water partition coefficient (Wildman–Crippen LogP) is 3.67. The molecule has 0 aliphatic carbocycles. The average molecular weight is 359 g/mol. The maximum absolute atomic E-state index is 13.0. The van der Waals surface area contributed by atoms with Gasteiger partial charge in [-0.2, -0.15) is 13.2 Å². The molecule has 5 nitrogen and oxygen atoms in total. The number of amides is 1. The predicted molar refractivity (Wildman–Crippen MR) is 82.6 cm³/mol. The maximum atomic E-state index is 13.0. The first kappa shape index (κ1) is 19.1. The second kappa shape index (κ2) is 6.57. The molecular formula is C17H20F3NO4. The van der Waals surface area contributed by atoms with Gasteiger partial charge in [0.05, 0.1) is 13.0 Å². The molecule has 0 saturated carbocycles. The van der Waals surface area contributed by atoms with Crippen LogP contribution in [0.1, 0.15) is 32.8 Å². The van der Waals surface area contributed by atoms with Crippen LogP contribution >= 0.6 is 0 Å². The molecule has 1 aliphatic rings. The van der Waals surface area contributed by atoms with E-state index in [1.807, 2.05) is 0 Å². The molecule has 25 heavy (non-hydrogen) atoms. The van der Waals surface area contributed by atoms with E-state index < -0.39 is 42.4 Å². The molecule has 1 amide bonds. The molecule has 1 aliphatic heterocycles. The zero-order chi connectivity index (χ0) is 18.9. The van der Waals surface area contributed by atoms with Crippen molar-refractivity contribution in [3.05, 3.63) is 35.9 Å². The van der Waals surface area contributed by atoms with Crippen molar-refractivity contribution < 1.29 is 32.2 Å². The first-order valence-corrected chi connectivity index (χ1v) is 7.72. The highest BCUT2D eigenvalue weighted by Gasteiger charge is 2.58. The smallest absolute Gasteiger partial charge is 0.411 e. The summed E-state index contributed by atoms with van der Waals surface area (Å²) in [5.74, 6) is -1.19. The molecule has 0 N–H and O–H groups in total. The third kappa shape index (κ3) is 5.11. The van der Waals surface area contributed by atoms with Gasteiger partial charge in [-0.25, -0.2) is 9.59 Å². The van der Waals surface area contributed by atoms with Crippen LogP contribution in [0.25, 0.3) is 0 Å². The van der Waals surface area contributed by atoms with Gasteiger partial charge >= 0.3 is 18.2 Å². The normalized spacial score (nSPS) is 21.2. The molecule has 0 bridgehead atoms. The highest BCUT2D eigenvalue weighted by atomic mass is 19.4. The van der Waals surface area contributed by atoms with Gasteiger partial charge < -0.3 is 9.47 Å². The maximum Gasteiger partial charge on any atom is 0.411 e. The summed E-state index contributed by atoms with van der Waals surface area (Å²) in [7, 11) is 0. The van der Waals surface area contributed by atoms with Gasteiger partial charge in [0, 0.05) is 6.54 Å². The molecule has 1 aromatic carbocycles. The Kier molecular flexibility index (Phi) is 5.02. The number of hydrogen-bond donors (Lipinski definition) is 0. The number of hydrogen-bond acceptors (Lipinski definition) is 4. The molecule has 1 heterocycles. The monoisotopic (exact) mass is 359 g/mol. The number of cyclic esters (lactones) is 1. The van der Waals surface area contributed by atoms with Crippen molar-refractivity contribution in [1.29, 1.82) is 0 Å². The van der Waals surface area contributed by atoms with E-state index in [1.54, 1.807) is 30.3 Å². The molecule has 0 spiro atoms. The number of rotatable bonds is 4. The fraction of sp³-hybridized carbons (Fsp3) is 0.529. The minimum Gasteiger partial charge on any atom is -0.457 e. The van der Waals surface area contributed by atoms with E-state index in [9.17, 15) is 22.8 Å². The standard InChI is InChI=1S/C17H20F3NO4/c1-15(2,3)24-13(22)16(10-17(18,19)20)11-21(14(23)25-16)9-12-7-5-4-6-8-12/h4-8H,9-11H2,1-3H3. The van der Waals surface area contributed by atoms with Crippen LogP contribution in [0.5, 0.6) is 0 Å². The minimum atomic E-state index is -4.69. The Labute approximate surface area is 143 Å². The first-order valence-electron chi connectivity index (χ1n) is 7.72. The minimum absolute atomic E-state index is 0.0437. The van der Waals surface area contributed by atoms with Crippen molar-refractivity contribution in [3.8, 4) is 0 Å². The first-order chi connectivity index (χ1) is 11.4. The molecule has 1 atom stereocenters. The number of carbonyl (C=O) groups excluding carboxylic acids is 2. The van der Waals surface area contributed by atoms with Crippen LogP contribution in [0.4, 0.5) is 18.0 Å². The van der Waals surface area contributed by atoms with Gasteiger partial charge in [-0.3, -0.25) is 4.90 Å². The van der Waals surface area contributed by atoms with Crippen molar-refractivity contribution >= 4 is 12.1 Å². The molecule has 8 heteroatoms. The van der Waals surface area contributed by atoms with Crippen LogP contribution in [0.3, 0.4) is 0 Å². The Hall–Kier alpha value is -2.25. The van der Waals surface area contributed by atoms with E-state index in [0.717, 1.165) is 4.90 Å². The summed E-state index contributed by atoms with van der Waals surface area (Å²) in [4.78, 5) is 25.5. The van der Waals surface area contributed by atoms with Gasteiger partial charge in [0.15, 0.2) is 0 Å². The molecule has 2 rings (SSSR count). The van der Waals surface area contributed by atoms with E-state index in [0.29, 0.717) is 5.56 Å². The van der Waals surface area contributed by atoms with Crippen LogP contribution in [0.15, 0.2) is 30.3 Å². The van der Waals surface area contributed by atoms with Crippen molar-refractivity contribution in [1.82, 2.24) is 4.90 Å². The molecule has 0 radical (unpaired) electrons. The van der Waals surface area contributed by atoms with Crippen LogP contribution < -0.4 is 0 Å². The summed E-state index contributed by atoms with van der Waals surface area (Å²) in [5.41, 5.74) is -2.68. The van der Waals surface area contributed by atoms with Crippen molar-refractivity contribution in [2.45, 2.75) is 51.1 Å². The molecule has 1 aromatic rings. The molecule has 1 fully saturated rings. The van der Waals surface area contributed by atoms with Gasteiger partial charge in [-0.1, -0.05) is 30.3 Å². The number of alkyl halides is 3. The summed E-state index contributed by atoms with van der Waals surface area (Å²) in [6.45, 7) is 4.12. The van der Waals surface area contributed by atoms with E-state index in [4.69, 9.17) is 9.47 Å². The quantitative estimate of drug-likeness (QED) is 0.770. The van der Waals surface area contributed by atoms with Crippen molar-refractivity contribution in [2.75, 3.05) is 6.54 Å². The van der Waals surface area contributed by atoms with E-state index in [-0.39, 0.29) is 6.54 Å². The molecule has 1 saturated heterocycles. The summed E-state index contributed by atoms with van der Waals surface area (Å²) in [5, 5.41) is 0. The lowest BCUT2D eigenvalue weighted by Crippen LogP contribution is -2.49. The Balaban J connectivity index is 2.25.